The number of carbonyl (C=O) groups is 2. The molecule has 0 N–H and O–H groups in total. The summed E-state index contributed by atoms with van der Waals surface area (Å²) in [5.41, 5.74) is 2.22. The topological polar surface area (TPSA) is 55.8 Å². The first-order chi connectivity index (χ1) is 16.0. The summed E-state index contributed by atoms with van der Waals surface area (Å²) in [6, 6.07) is 19.9. The van der Waals surface area contributed by atoms with Crippen molar-refractivity contribution in [3.05, 3.63) is 98.4 Å². The summed E-state index contributed by atoms with van der Waals surface area (Å²) >= 11 is 13.2. The lowest BCUT2D eigenvalue weighted by molar-refractivity contribution is -0.123. The third-order valence-corrected chi connectivity index (χ3v) is 6.46. The fourth-order valence-corrected chi connectivity index (χ4v) is 4.56. The van der Waals surface area contributed by atoms with Crippen LogP contribution in [0, 0.1) is 0 Å². The van der Waals surface area contributed by atoms with Gasteiger partial charge < -0.3 is 9.47 Å². The number of amides is 2. The minimum Gasteiger partial charge on any atom is -0.493 e. The third-order valence-electron chi connectivity index (χ3n) is 4.95. The minimum atomic E-state index is -0.381. The van der Waals surface area contributed by atoms with Gasteiger partial charge in [-0.25, -0.2) is 0 Å². The maximum Gasteiger partial charge on any atom is 0.293 e. The molecule has 0 bridgehead atoms. The highest BCUT2D eigenvalue weighted by atomic mass is 35.5. The second-order valence-corrected chi connectivity index (χ2v) is 8.99. The van der Waals surface area contributed by atoms with Crippen LogP contribution in [0.3, 0.4) is 0 Å². The molecule has 0 spiro atoms. The van der Waals surface area contributed by atoms with Crippen molar-refractivity contribution < 1.29 is 19.1 Å². The summed E-state index contributed by atoms with van der Waals surface area (Å²) in [7, 11) is 1.54. The number of para-hydroxylation sites is 1. The fourth-order valence-electron chi connectivity index (χ4n) is 3.32. The third kappa shape index (κ3) is 5.36. The molecular formula is C25H19Cl2NO4S. The highest BCUT2D eigenvalue weighted by molar-refractivity contribution is 8.18. The van der Waals surface area contributed by atoms with E-state index in [1.54, 1.807) is 55.7 Å². The summed E-state index contributed by atoms with van der Waals surface area (Å²) in [4.78, 5) is 27.1. The van der Waals surface area contributed by atoms with E-state index in [-0.39, 0.29) is 24.3 Å². The zero-order valence-electron chi connectivity index (χ0n) is 17.6. The van der Waals surface area contributed by atoms with Gasteiger partial charge in [0.05, 0.1) is 18.6 Å². The van der Waals surface area contributed by atoms with Gasteiger partial charge in [0.1, 0.15) is 6.61 Å². The molecule has 1 saturated heterocycles. The summed E-state index contributed by atoms with van der Waals surface area (Å²) in [5.74, 6) is 0.604. The average Bonchev–Trinajstić information content (AvgIpc) is 3.06. The first-order valence-corrected chi connectivity index (χ1v) is 11.6. The number of hydrogen-bond acceptors (Lipinski definition) is 5. The van der Waals surface area contributed by atoms with Crippen LogP contribution in [0.5, 0.6) is 11.5 Å². The second-order valence-electron chi connectivity index (χ2n) is 7.16. The normalized spacial score (nSPS) is 14.8. The lowest BCUT2D eigenvalue weighted by atomic mass is 10.1. The predicted molar refractivity (Wildman–Crippen MR) is 132 cm³/mol. The molecule has 33 heavy (non-hydrogen) atoms. The number of ether oxygens (including phenoxy) is 2. The van der Waals surface area contributed by atoms with Crippen LogP contribution in [0.15, 0.2) is 71.6 Å². The Balaban J connectivity index is 1.60. The first kappa shape index (κ1) is 23.2. The fraction of sp³-hybridized carbons (Fsp3) is 0.120. The Morgan fingerprint density at radius 1 is 1.00 bits per heavy atom. The lowest BCUT2D eigenvalue weighted by Crippen LogP contribution is -2.27. The number of hydrogen-bond donors (Lipinski definition) is 0. The van der Waals surface area contributed by atoms with E-state index in [9.17, 15) is 9.59 Å². The van der Waals surface area contributed by atoms with Gasteiger partial charge in [0, 0.05) is 15.6 Å². The molecule has 4 rings (SSSR count). The number of benzene rings is 3. The Kier molecular flexibility index (Phi) is 7.28. The quantitative estimate of drug-likeness (QED) is 0.334. The van der Waals surface area contributed by atoms with Gasteiger partial charge in [0.2, 0.25) is 0 Å². The van der Waals surface area contributed by atoms with Gasteiger partial charge in [-0.1, -0.05) is 65.7 Å². The molecule has 8 heteroatoms. The van der Waals surface area contributed by atoms with Crippen molar-refractivity contribution in [1.82, 2.24) is 4.90 Å². The molecule has 2 amide bonds. The largest absolute Gasteiger partial charge is 0.493 e. The maximum absolute atomic E-state index is 13.0. The molecule has 0 radical (unpaired) electrons. The molecule has 3 aromatic rings. The van der Waals surface area contributed by atoms with Crippen molar-refractivity contribution >= 4 is 52.2 Å². The number of imide groups is 1. The van der Waals surface area contributed by atoms with Crippen molar-refractivity contribution in [2.45, 2.75) is 13.2 Å². The predicted octanol–water partition coefficient (Wildman–Crippen LogP) is 6.82. The zero-order valence-corrected chi connectivity index (χ0v) is 19.9. The highest BCUT2D eigenvalue weighted by Crippen LogP contribution is 2.38. The Bertz CT molecular complexity index is 1240. The summed E-state index contributed by atoms with van der Waals surface area (Å²) in [6.07, 6.45) is 1.65. The van der Waals surface area contributed by atoms with Gasteiger partial charge in [-0.15, -0.1) is 0 Å². The molecule has 0 atom stereocenters. The van der Waals surface area contributed by atoms with Crippen LogP contribution in [0.25, 0.3) is 6.08 Å². The van der Waals surface area contributed by atoms with Crippen molar-refractivity contribution in [1.29, 1.82) is 0 Å². The maximum atomic E-state index is 13.0. The first-order valence-electron chi connectivity index (χ1n) is 9.99. The molecule has 1 fully saturated rings. The van der Waals surface area contributed by atoms with Crippen LogP contribution in [-0.4, -0.2) is 23.2 Å². The van der Waals surface area contributed by atoms with Crippen LogP contribution >= 0.6 is 35.0 Å². The van der Waals surface area contributed by atoms with Crippen molar-refractivity contribution in [3.63, 3.8) is 0 Å². The second kappa shape index (κ2) is 10.3. The molecule has 1 aliphatic heterocycles. The number of rotatable bonds is 7. The molecule has 168 valence electrons. The average molecular weight is 500 g/mol. The van der Waals surface area contributed by atoms with E-state index in [0.717, 1.165) is 17.3 Å². The van der Waals surface area contributed by atoms with E-state index in [1.165, 1.54) is 4.90 Å². The Labute approximate surface area is 205 Å². The molecule has 0 saturated carbocycles. The molecule has 0 aromatic heterocycles. The van der Waals surface area contributed by atoms with Crippen LogP contribution in [0.4, 0.5) is 4.79 Å². The van der Waals surface area contributed by atoms with Gasteiger partial charge in [0.25, 0.3) is 11.1 Å². The Hall–Kier alpha value is -2.93. The molecule has 0 unspecified atom stereocenters. The monoisotopic (exact) mass is 499 g/mol. The Morgan fingerprint density at radius 2 is 1.79 bits per heavy atom. The van der Waals surface area contributed by atoms with Crippen molar-refractivity contribution in [2.75, 3.05) is 7.11 Å². The molecule has 3 aromatic carbocycles. The number of methoxy groups -OCH3 is 1. The lowest BCUT2D eigenvalue weighted by Gasteiger charge is -2.14. The SMILES string of the molecule is COc1cccc(/C=C2\SC(=O)N(Cc3ccccc3Cl)C2=O)c1OCc1cccc(Cl)c1. The molecule has 1 aliphatic rings. The van der Waals surface area contributed by atoms with E-state index in [1.807, 2.05) is 24.3 Å². The minimum absolute atomic E-state index is 0.109. The standard InChI is InChI=1S/C25H19Cl2NO4S/c1-31-21-11-5-8-17(23(21)32-15-16-6-4-9-19(26)12-16)13-22-24(29)28(25(30)33-22)14-18-7-2-3-10-20(18)27/h2-13H,14-15H2,1H3/b22-13-. The molecule has 1 heterocycles. The van der Waals surface area contributed by atoms with E-state index < -0.39 is 0 Å². The van der Waals surface area contributed by atoms with Gasteiger partial charge in [-0.3, -0.25) is 14.5 Å². The van der Waals surface area contributed by atoms with Crippen LogP contribution in [-0.2, 0) is 17.9 Å². The Morgan fingerprint density at radius 3 is 2.55 bits per heavy atom. The van der Waals surface area contributed by atoms with E-state index >= 15 is 0 Å². The van der Waals surface area contributed by atoms with Crippen molar-refractivity contribution in [3.8, 4) is 11.5 Å². The number of carbonyl (C=O) groups excluding carboxylic acids is 2. The highest BCUT2D eigenvalue weighted by Gasteiger charge is 2.35. The van der Waals surface area contributed by atoms with E-state index in [2.05, 4.69) is 0 Å². The van der Waals surface area contributed by atoms with Gasteiger partial charge in [-0.2, -0.15) is 0 Å². The van der Waals surface area contributed by atoms with Crippen LogP contribution in [0.1, 0.15) is 16.7 Å². The number of thioether (sulfide) groups is 1. The van der Waals surface area contributed by atoms with E-state index in [4.69, 9.17) is 32.7 Å². The van der Waals surface area contributed by atoms with Crippen molar-refractivity contribution in [2.24, 2.45) is 0 Å². The van der Waals surface area contributed by atoms with Crippen LogP contribution in [0.2, 0.25) is 10.0 Å². The summed E-state index contributed by atoms with van der Waals surface area (Å²) in [5, 5.41) is 0.768. The van der Waals surface area contributed by atoms with Crippen LogP contribution < -0.4 is 9.47 Å². The van der Waals surface area contributed by atoms with E-state index in [0.29, 0.717) is 37.6 Å². The van der Waals surface area contributed by atoms with Gasteiger partial charge in [0.15, 0.2) is 11.5 Å². The number of nitrogens with zero attached hydrogens (tertiary/aromatic N) is 1. The zero-order chi connectivity index (χ0) is 23.4. The smallest absolute Gasteiger partial charge is 0.293 e. The molecular weight excluding hydrogens is 481 g/mol. The van der Waals surface area contributed by atoms with Gasteiger partial charge in [-0.05, 0) is 53.2 Å². The molecule has 0 aliphatic carbocycles. The summed E-state index contributed by atoms with van der Waals surface area (Å²) < 4.78 is 11.5. The number of halogens is 2. The summed E-state index contributed by atoms with van der Waals surface area (Å²) in [6.45, 7) is 0.369. The molecule has 5 nitrogen and oxygen atoms in total. The van der Waals surface area contributed by atoms with Gasteiger partial charge >= 0.3 is 0 Å².